The zero-order valence-corrected chi connectivity index (χ0v) is 19.6. The van der Waals surface area contributed by atoms with Crippen LogP contribution in [0.4, 0.5) is 0 Å². The number of thioether (sulfide) groups is 1. The lowest BCUT2D eigenvalue weighted by atomic mass is 10.1. The molecule has 0 aliphatic heterocycles. The van der Waals surface area contributed by atoms with Crippen LogP contribution < -0.4 is 4.74 Å². The summed E-state index contributed by atoms with van der Waals surface area (Å²) in [7, 11) is 0. The second kappa shape index (κ2) is 15.1. The van der Waals surface area contributed by atoms with Crippen molar-refractivity contribution >= 4 is 16.9 Å². The third kappa shape index (κ3) is 9.84. The topological polar surface area (TPSA) is 26.3 Å². The maximum Gasteiger partial charge on any atom is 0.224 e. The first-order chi connectivity index (χ1) is 14.7. The van der Waals surface area contributed by atoms with Crippen molar-refractivity contribution in [2.45, 2.75) is 89.4 Å². The molecule has 0 aliphatic carbocycles. The third-order valence-corrected chi connectivity index (χ3v) is 6.24. The molecule has 2 nitrogen and oxygen atoms in total. The molecule has 0 atom stereocenters. The van der Waals surface area contributed by atoms with Gasteiger partial charge in [-0.3, -0.25) is 4.79 Å². The molecule has 0 fully saturated rings. The maximum atomic E-state index is 12.6. The van der Waals surface area contributed by atoms with Gasteiger partial charge in [-0.05, 0) is 73.0 Å². The van der Waals surface area contributed by atoms with E-state index in [1.54, 1.807) is 0 Å². The van der Waals surface area contributed by atoms with Crippen LogP contribution in [0.15, 0.2) is 53.4 Å². The van der Waals surface area contributed by atoms with Crippen LogP contribution in [-0.2, 0) is 6.42 Å². The Bertz CT molecular complexity index is 707. The summed E-state index contributed by atoms with van der Waals surface area (Å²) in [5.41, 5.74) is 2.07. The Morgan fingerprint density at radius 2 is 1.33 bits per heavy atom. The lowest BCUT2D eigenvalue weighted by Gasteiger charge is -2.07. The molecule has 0 bridgehead atoms. The Hall–Kier alpha value is -1.74. The Balaban J connectivity index is 1.69. The van der Waals surface area contributed by atoms with E-state index < -0.39 is 0 Å². The standard InChI is InChI=1S/C27H38O2S/c1-3-5-7-8-9-10-12-22-29-25-18-16-24(17-19-25)27(28)30-26-20-14-23(15-21-26)13-11-6-4-2/h14-21H,3-13,22H2,1-2H3. The predicted octanol–water partition coefficient (Wildman–Crippen LogP) is 8.48. The predicted molar refractivity (Wildman–Crippen MR) is 130 cm³/mol. The summed E-state index contributed by atoms with van der Waals surface area (Å²) in [4.78, 5) is 13.5. The fraction of sp³-hybridized carbons (Fsp3) is 0.519. The van der Waals surface area contributed by atoms with Gasteiger partial charge in [0.1, 0.15) is 5.75 Å². The van der Waals surface area contributed by atoms with E-state index in [9.17, 15) is 4.79 Å². The number of rotatable bonds is 15. The molecular weight excluding hydrogens is 388 g/mol. The van der Waals surface area contributed by atoms with Crippen molar-refractivity contribution in [2.75, 3.05) is 6.61 Å². The van der Waals surface area contributed by atoms with Crippen LogP contribution in [0, 0.1) is 0 Å². The molecule has 2 aromatic carbocycles. The minimum absolute atomic E-state index is 0.0763. The van der Waals surface area contributed by atoms with Gasteiger partial charge in [0.05, 0.1) is 6.61 Å². The molecule has 0 radical (unpaired) electrons. The fourth-order valence-electron chi connectivity index (χ4n) is 3.41. The van der Waals surface area contributed by atoms with Crippen LogP contribution in [0.25, 0.3) is 0 Å². The molecule has 0 aliphatic rings. The molecular formula is C27H38O2S. The van der Waals surface area contributed by atoms with Gasteiger partial charge in [-0.2, -0.15) is 0 Å². The van der Waals surface area contributed by atoms with E-state index in [1.807, 2.05) is 24.3 Å². The summed E-state index contributed by atoms with van der Waals surface area (Å²) < 4.78 is 5.82. The highest BCUT2D eigenvalue weighted by Crippen LogP contribution is 2.25. The highest BCUT2D eigenvalue weighted by molar-refractivity contribution is 8.14. The number of hydrogen-bond acceptors (Lipinski definition) is 3. The first-order valence-electron chi connectivity index (χ1n) is 11.8. The molecule has 2 rings (SSSR count). The van der Waals surface area contributed by atoms with Gasteiger partial charge in [0, 0.05) is 10.5 Å². The number of unbranched alkanes of at least 4 members (excludes halogenated alkanes) is 8. The number of ether oxygens (including phenoxy) is 1. The summed E-state index contributed by atoms with van der Waals surface area (Å²) in [5, 5.41) is 0.0763. The first-order valence-corrected chi connectivity index (χ1v) is 12.6. The van der Waals surface area contributed by atoms with Crippen molar-refractivity contribution in [1.82, 2.24) is 0 Å². The molecule has 2 aromatic rings. The lowest BCUT2D eigenvalue weighted by Crippen LogP contribution is -1.98. The molecule has 3 heteroatoms. The highest BCUT2D eigenvalue weighted by Gasteiger charge is 2.08. The largest absolute Gasteiger partial charge is 0.494 e. The number of carbonyl (C=O) groups is 1. The molecule has 0 saturated carbocycles. The van der Waals surface area contributed by atoms with Crippen molar-refractivity contribution in [2.24, 2.45) is 0 Å². The highest BCUT2D eigenvalue weighted by atomic mass is 32.2. The van der Waals surface area contributed by atoms with Gasteiger partial charge in [-0.15, -0.1) is 0 Å². The van der Waals surface area contributed by atoms with Crippen LogP contribution in [0.2, 0.25) is 0 Å². The second-order valence-electron chi connectivity index (χ2n) is 7.98. The van der Waals surface area contributed by atoms with Crippen molar-refractivity contribution in [3.8, 4) is 5.75 Å². The van der Waals surface area contributed by atoms with Gasteiger partial charge < -0.3 is 4.74 Å². The second-order valence-corrected chi connectivity index (χ2v) is 9.03. The molecule has 0 spiro atoms. The normalized spacial score (nSPS) is 10.9. The molecule has 0 N–H and O–H groups in total. The molecule has 0 unspecified atom stereocenters. The molecule has 30 heavy (non-hydrogen) atoms. The van der Waals surface area contributed by atoms with Gasteiger partial charge in [-0.1, -0.05) is 77.3 Å². The van der Waals surface area contributed by atoms with Crippen LogP contribution in [-0.4, -0.2) is 11.7 Å². The van der Waals surface area contributed by atoms with Gasteiger partial charge in [0.25, 0.3) is 0 Å². The maximum absolute atomic E-state index is 12.6. The van der Waals surface area contributed by atoms with Crippen molar-refractivity contribution in [3.05, 3.63) is 59.7 Å². The Morgan fingerprint density at radius 1 is 0.733 bits per heavy atom. The minimum atomic E-state index is 0.0763. The fourth-order valence-corrected chi connectivity index (χ4v) is 4.15. The van der Waals surface area contributed by atoms with Crippen molar-refractivity contribution < 1.29 is 9.53 Å². The zero-order chi connectivity index (χ0) is 21.4. The van der Waals surface area contributed by atoms with Crippen molar-refractivity contribution in [3.63, 3.8) is 0 Å². The Kier molecular flexibility index (Phi) is 12.4. The third-order valence-electron chi connectivity index (χ3n) is 5.31. The van der Waals surface area contributed by atoms with E-state index in [1.165, 1.54) is 75.1 Å². The molecule has 0 amide bonds. The van der Waals surface area contributed by atoms with E-state index >= 15 is 0 Å². The van der Waals surface area contributed by atoms with E-state index in [0.717, 1.165) is 35.7 Å². The van der Waals surface area contributed by atoms with Gasteiger partial charge in [0.15, 0.2) is 0 Å². The monoisotopic (exact) mass is 426 g/mol. The van der Waals surface area contributed by atoms with Gasteiger partial charge >= 0.3 is 0 Å². The van der Waals surface area contributed by atoms with E-state index in [2.05, 4.69) is 38.1 Å². The number of benzene rings is 2. The van der Waals surface area contributed by atoms with Crippen LogP contribution in [0.1, 0.15) is 94.0 Å². The van der Waals surface area contributed by atoms with E-state index in [-0.39, 0.29) is 5.12 Å². The van der Waals surface area contributed by atoms with Gasteiger partial charge in [-0.25, -0.2) is 0 Å². The quantitative estimate of drug-likeness (QED) is 0.211. The van der Waals surface area contributed by atoms with E-state index in [4.69, 9.17) is 4.74 Å². The molecule has 164 valence electrons. The smallest absolute Gasteiger partial charge is 0.224 e. The van der Waals surface area contributed by atoms with Crippen molar-refractivity contribution in [1.29, 1.82) is 0 Å². The van der Waals surface area contributed by atoms with Crippen LogP contribution in [0.5, 0.6) is 5.75 Å². The summed E-state index contributed by atoms with van der Waals surface area (Å²) >= 11 is 1.29. The van der Waals surface area contributed by atoms with Crippen LogP contribution >= 0.6 is 11.8 Å². The van der Waals surface area contributed by atoms with Crippen LogP contribution in [0.3, 0.4) is 0 Å². The Morgan fingerprint density at radius 3 is 2.00 bits per heavy atom. The summed E-state index contributed by atoms with van der Waals surface area (Å²) in [5.74, 6) is 0.846. The molecule has 0 heterocycles. The Labute approximate surface area is 187 Å². The average Bonchev–Trinajstić information content (AvgIpc) is 2.77. The summed E-state index contributed by atoms with van der Waals surface area (Å²) in [6.07, 6.45) is 13.8. The summed E-state index contributed by atoms with van der Waals surface area (Å²) in [6, 6.07) is 16.0. The number of aryl methyl sites for hydroxylation is 1. The number of carbonyl (C=O) groups excluding carboxylic acids is 1. The summed E-state index contributed by atoms with van der Waals surface area (Å²) in [6.45, 7) is 5.22. The SMILES string of the molecule is CCCCCCCCCOc1ccc(C(=O)Sc2ccc(CCCCC)cc2)cc1. The lowest BCUT2D eigenvalue weighted by molar-refractivity contribution is 0.108. The van der Waals surface area contributed by atoms with Gasteiger partial charge in [0.2, 0.25) is 5.12 Å². The molecule has 0 saturated heterocycles. The average molecular weight is 427 g/mol. The minimum Gasteiger partial charge on any atom is -0.494 e. The van der Waals surface area contributed by atoms with E-state index in [0.29, 0.717) is 0 Å². The molecule has 0 aromatic heterocycles. The zero-order valence-electron chi connectivity index (χ0n) is 18.8. The number of hydrogen-bond donors (Lipinski definition) is 0. The first kappa shape index (κ1) is 24.5.